The molecule has 0 radical (unpaired) electrons. The molecule has 1 heterocycles. The fourth-order valence-corrected chi connectivity index (χ4v) is 4.65. The summed E-state index contributed by atoms with van der Waals surface area (Å²) in [6.45, 7) is 8.53. The maximum atomic E-state index is 5.83. The minimum Gasteiger partial charge on any atom is -0.374 e. The van der Waals surface area contributed by atoms with Crippen molar-refractivity contribution in [2.24, 2.45) is 0 Å². The van der Waals surface area contributed by atoms with Crippen LogP contribution in [0.4, 0.5) is 5.82 Å². The van der Waals surface area contributed by atoms with Gasteiger partial charge in [-0.3, -0.25) is 4.68 Å². The summed E-state index contributed by atoms with van der Waals surface area (Å²) < 4.78 is 19.3. The molecule has 1 aromatic rings. The van der Waals surface area contributed by atoms with Crippen LogP contribution in [-0.4, -0.2) is 57.7 Å². The minimum absolute atomic E-state index is 0.611. The minimum atomic E-state index is -2.54. The van der Waals surface area contributed by atoms with E-state index < -0.39 is 8.80 Å². The molecule has 0 aliphatic carbocycles. The lowest BCUT2D eigenvalue weighted by Gasteiger charge is -2.28. The van der Waals surface area contributed by atoms with E-state index in [1.165, 1.54) is 0 Å². The summed E-state index contributed by atoms with van der Waals surface area (Å²) >= 11 is 0. The van der Waals surface area contributed by atoms with Crippen molar-refractivity contribution in [2.75, 3.05) is 38.8 Å². The smallest absolute Gasteiger partial charge is 0.374 e. The third-order valence-corrected chi connectivity index (χ3v) is 6.10. The molecule has 0 amide bonds. The van der Waals surface area contributed by atoms with Crippen molar-refractivity contribution in [1.29, 1.82) is 0 Å². The van der Waals surface area contributed by atoms with Crippen LogP contribution in [0.25, 0.3) is 0 Å². The van der Waals surface area contributed by atoms with Crippen molar-refractivity contribution >= 4 is 14.6 Å². The van der Waals surface area contributed by atoms with Crippen LogP contribution in [-0.2, 0) is 19.8 Å². The molecule has 0 saturated carbocycles. The molecule has 8 heteroatoms. The summed E-state index contributed by atoms with van der Waals surface area (Å²) in [6.07, 6.45) is 2.83. The zero-order valence-corrected chi connectivity index (χ0v) is 14.8. The SMILES string of the molecule is CCO[Si](CCCn1cc(N(C)C)nn1)(OCC)OCC. The Morgan fingerprint density at radius 1 is 1.10 bits per heavy atom. The van der Waals surface area contributed by atoms with Crippen molar-refractivity contribution in [1.82, 2.24) is 15.0 Å². The number of nitrogens with zero attached hydrogens (tertiary/aromatic N) is 4. The predicted molar refractivity (Wildman–Crippen MR) is 84.4 cm³/mol. The molecule has 0 N–H and O–H groups in total. The number of hydrogen-bond donors (Lipinski definition) is 0. The fourth-order valence-electron chi connectivity index (χ4n) is 2.06. The van der Waals surface area contributed by atoms with E-state index in [0.29, 0.717) is 19.8 Å². The van der Waals surface area contributed by atoms with E-state index in [-0.39, 0.29) is 0 Å². The molecular formula is C13H28N4O3Si. The van der Waals surface area contributed by atoms with Crippen LogP contribution >= 0.6 is 0 Å². The van der Waals surface area contributed by atoms with Gasteiger partial charge in [0.05, 0.1) is 6.20 Å². The Balaban J connectivity index is 2.54. The second-order valence-corrected chi connectivity index (χ2v) is 7.55. The number of rotatable bonds is 11. The quantitative estimate of drug-likeness (QED) is 0.580. The van der Waals surface area contributed by atoms with E-state index in [4.69, 9.17) is 13.3 Å². The second-order valence-electron chi connectivity index (χ2n) is 4.82. The molecule has 0 fully saturated rings. The Kier molecular flexibility index (Phi) is 7.87. The van der Waals surface area contributed by atoms with Gasteiger partial charge in [0.2, 0.25) is 0 Å². The third kappa shape index (κ3) is 5.74. The lowest BCUT2D eigenvalue weighted by molar-refractivity contribution is 0.0704. The molecule has 0 aromatic carbocycles. The first kappa shape index (κ1) is 18.1. The lowest BCUT2D eigenvalue weighted by Crippen LogP contribution is -2.46. The Morgan fingerprint density at radius 3 is 2.10 bits per heavy atom. The largest absolute Gasteiger partial charge is 0.500 e. The molecule has 0 aliphatic heterocycles. The second kappa shape index (κ2) is 9.14. The van der Waals surface area contributed by atoms with Crippen LogP contribution in [0, 0.1) is 0 Å². The van der Waals surface area contributed by atoms with Gasteiger partial charge < -0.3 is 18.2 Å². The average molecular weight is 316 g/mol. The van der Waals surface area contributed by atoms with Crippen molar-refractivity contribution < 1.29 is 13.3 Å². The number of anilines is 1. The molecule has 0 spiro atoms. The Labute approximate surface area is 128 Å². The van der Waals surface area contributed by atoms with Gasteiger partial charge in [0.15, 0.2) is 5.82 Å². The van der Waals surface area contributed by atoms with Crippen molar-refractivity contribution in [3.8, 4) is 0 Å². The van der Waals surface area contributed by atoms with Crippen molar-refractivity contribution in [3.63, 3.8) is 0 Å². The summed E-state index contributed by atoms with van der Waals surface area (Å²) in [5, 5.41) is 8.21. The van der Waals surface area contributed by atoms with Gasteiger partial charge in [0.1, 0.15) is 0 Å². The van der Waals surface area contributed by atoms with Gasteiger partial charge in [-0.1, -0.05) is 5.21 Å². The van der Waals surface area contributed by atoms with Crippen molar-refractivity contribution in [3.05, 3.63) is 6.20 Å². The highest BCUT2D eigenvalue weighted by Gasteiger charge is 2.39. The van der Waals surface area contributed by atoms with Crippen LogP contribution in [0.1, 0.15) is 27.2 Å². The molecule has 7 nitrogen and oxygen atoms in total. The molecule has 122 valence electrons. The highest BCUT2D eigenvalue weighted by atomic mass is 28.4. The van der Waals surface area contributed by atoms with Gasteiger partial charge in [-0.15, -0.1) is 5.10 Å². The van der Waals surface area contributed by atoms with Crippen molar-refractivity contribution in [2.45, 2.75) is 39.8 Å². The maximum absolute atomic E-state index is 5.83. The number of hydrogen-bond acceptors (Lipinski definition) is 6. The van der Waals surface area contributed by atoms with Gasteiger partial charge in [-0.05, 0) is 27.2 Å². The molecule has 0 unspecified atom stereocenters. The van der Waals surface area contributed by atoms with Crippen LogP contribution in [0.15, 0.2) is 6.20 Å². The zero-order chi connectivity index (χ0) is 15.7. The molecule has 0 bridgehead atoms. The van der Waals surface area contributed by atoms with Crippen LogP contribution in [0.2, 0.25) is 6.04 Å². The first-order valence-electron chi connectivity index (χ1n) is 7.56. The molecule has 1 rings (SSSR count). The summed E-state index contributed by atoms with van der Waals surface area (Å²) in [5.74, 6) is 0.859. The van der Waals surface area contributed by atoms with Gasteiger partial charge in [0.25, 0.3) is 0 Å². The normalized spacial score (nSPS) is 11.9. The summed E-state index contributed by atoms with van der Waals surface area (Å²) in [4.78, 5) is 1.93. The molecule has 0 atom stereocenters. The zero-order valence-electron chi connectivity index (χ0n) is 13.8. The summed E-state index contributed by atoms with van der Waals surface area (Å²) in [7, 11) is 1.36. The topological polar surface area (TPSA) is 61.6 Å². The Bertz CT molecular complexity index is 384. The monoisotopic (exact) mass is 316 g/mol. The van der Waals surface area contributed by atoms with E-state index in [2.05, 4.69) is 10.3 Å². The standard InChI is InChI=1S/C13H28N4O3Si/c1-6-18-21(19-7-2,20-8-3)11-9-10-17-12-13(14-15-17)16(4)5/h12H,6-11H2,1-5H3. The first-order valence-corrected chi connectivity index (χ1v) is 9.49. The van der Waals surface area contributed by atoms with Crippen LogP contribution < -0.4 is 4.90 Å². The molecule has 1 aromatic heterocycles. The molecule has 0 aliphatic rings. The summed E-state index contributed by atoms with van der Waals surface area (Å²) in [5.41, 5.74) is 0. The van der Waals surface area contributed by atoms with E-state index in [0.717, 1.165) is 24.8 Å². The van der Waals surface area contributed by atoms with E-state index >= 15 is 0 Å². The number of aryl methyl sites for hydroxylation is 1. The highest BCUT2D eigenvalue weighted by Crippen LogP contribution is 2.19. The first-order chi connectivity index (χ1) is 10.1. The van der Waals surface area contributed by atoms with E-state index in [9.17, 15) is 0 Å². The van der Waals surface area contributed by atoms with Crippen LogP contribution in [0.3, 0.4) is 0 Å². The third-order valence-electron chi connectivity index (χ3n) is 2.95. The van der Waals surface area contributed by atoms with Gasteiger partial charge in [0, 0.05) is 46.5 Å². The maximum Gasteiger partial charge on any atom is 0.500 e. The lowest BCUT2D eigenvalue weighted by atomic mass is 10.5. The molecule has 0 saturated heterocycles. The average Bonchev–Trinajstić information content (AvgIpc) is 2.89. The Morgan fingerprint density at radius 2 is 1.67 bits per heavy atom. The van der Waals surface area contributed by atoms with Gasteiger partial charge in [-0.25, -0.2) is 0 Å². The van der Waals surface area contributed by atoms with E-state index in [1.807, 2.05) is 50.6 Å². The highest BCUT2D eigenvalue weighted by molar-refractivity contribution is 6.60. The van der Waals surface area contributed by atoms with Gasteiger partial charge in [-0.2, -0.15) is 0 Å². The molecule has 21 heavy (non-hydrogen) atoms. The van der Waals surface area contributed by atoms with Gasteiger partial charge >= 0.3 is 8.80 Å². The predicted octanol–water partition coefficient (Wildman–Crippen LogP) is 1.78. The Hall–Kier alpha value is -0.963. The fraction of sp³-hybridized carbons (Fsp3) is 0.846. The summed E-state index contributed by atoms with van der Waals surface area (Å²) in [6, 6.07) is 0.791. The van der Waals surface area contributed by atoms with Crippen LogP contribution in [0.5, 0.6) is 0 Å². The molecular weight excluding hydrogens is 288 g/mol. The van der Waals surface area contributed by atoms with E-state index in [1.54, 1.807) is 0 Å². The number of aromatic nitrogens is 3.